The lowest BCUT2D eigenvalue weighted by Crippen LogP contribution is -2.28. The first-order valence-corrected chi connectivity index (χ1v) is 18.1. The molecule has 0 aromatic heterocycles. The summed E-state index contributed by atoms with van der Waals surface area (Å²) in [7, 11) is 0. The van der Waals surface area contributed by atoms with E-state index in [2.05, 4.69) is 204 Å². The monoisotopic (exact) mass is 642 g/mol. The topological polar surface area (TPSA) is 0 Å². The van der Waals surface area contributed by atoms with Crippen LogP contribution in [0.2, 0.25) is 0 Å². The van der Waals surface area contributed by atoms with Crippen molar-refractivity contribution in [2.45, 2.75) is 55.9 Å². The number of rotatable bonds is 10. The molecule has 0 heterocycles. The first kappa shape index (κ1) is 33.3. The van der Waals surface area contributed by atoms with Crippen molar-refractivity contribution >= 4 is 17.3 Å². The quantitative estimate of drug-likeness (QED) is 0.155. The summed E-state index contributed by atoms with van der Waals surface area (Å²) in [4.78, 5) is 0. The van der Waals surface area contributed by atoms with Gasteiger partial charge in [0, 0.05) is 21.8 Å². The van der Waals surface area contributed by atoms with Gasteiger partial charge in [0.05, 0.1) is 0 Å². The molecule has 1 heteroatoms. The van der Waals surface area contributed by atoms with Crippen LogP contribution in [-0.4, -0.2) is 5.25 Å². The molecule has 0 spiro atoms. The Balaban J connectivity index is 1.29. The van der Waals surface area contributed by atoms with Gasteiger partial charge >= 0.3 is 0 Å². The summed E-state index contributed by atoms with van der Waals surface area (Å²) < 4.78 is 0. The van der Waals surface area contributed by atoms with E-state index in [4.69, 9.17) is 0 Å². The second-order valence-electron chi connectivity index (χ2n) is 13.7. The van der Waals surface area contributed by atoms with Gasteiger partial charge in [0.1, 0.15) is 0 Å². The van der Waals surface area contributed by atoms with Crippen LogP contribution in [0.5, 0.6) is 0 Å². The van der Waals surface area contributed by atoms with E-state index < -0.39 is 0 Å². The summed E-state index contributed by atoms with van der Waals surface area (Å²) in [5.41, 5.74) is 11.6. The average molecular weight is 643 g/mol. The Morgan fingerprint density at radius 3 is 2.02 bits per heavy atom. The molecule has 2 aliphatic carbocycles. The highest BCUT2D eigenvalue weighted by Gasteiger charge is 2.34. The number of benzene rings is 3. The van der Waals surface area contributed by atoms with Gasteiger partial charge < -0.3 is 0 Å². The number of hydrogen-bond acceptors (Lipinski definition) is 1. The number of thioether (sulfide) groups is 1. The zero-order valence-corrected chi connectivity index (χ0v) is 29.5. The lowest BCUT2D eigenvalue weighted by molar-refractivity contribution is 0.529. The molecule has 0 radical (unpaired) electrons. The third-order valence-corrected chi connectivity index (χ3v) is 10.7. The molecular formula is C47H46S. The maximum absolute atomic E-state index is 2.48. The molecule has 0 bridgehead atoms. The van der Waals surface area contributed by atoms with E-state index in [9.17, 15) is 0 Å². The largest absolute Gasteiger partial charge is 0.145 e. The molecule has 0 N–H and O–H groups in total. The fraction of sp³-hybridized carbons (Fsp3) is 0.191. The SMILES string of the molecule is C/C(=C\C(=C/C(C)(C)c1ccccc1)c1ccccc1)C1=CC(C)(c2cccccccc(-c3ccc(CSC4C=CC=C4)cc3)c2)C1. The van der Waals surface area contributed by atoms with Crippen molar-refractivity contribution in [1.82, 2.24) is 0 Å². The minimum atomic E-state index is -0.107. The van der Waals surface area contributed by atoms with E-state index in [-0.39, 0.29) is 10.8 Å². The van der Waals surface area contributed by atoms with Gasteiger partial charge in [-0.3, -0.25) is 0 Å². The Bertz CT molecular complexity index is 1910. The van der Waals surface area contributed by atoms with Crippen molar-refractivity contribution in [2.75, 3.05) is 0 Å². The molecule has 0 aliphatic heterocycles. The molecule has 2 aliphatic rings. The summed E-state index contributed by atoms with van der Waals surface area (Å²) in [6, 6.07) is 48.3. The zero-order chi connectivity index (χ0) is 33.4. The zero-order valence-electron chi connectivity index (χ0n) is 28.6. The predicted molar refractivity (Wildman–Crippen MR) is 211 cm³/mol. The normalized spacial score (nSPS) is 17.9. The van der Waals surface area contributed by atoms with Crippen molar-refractivity contribution in [3.63, 3.8) is 0 Å². The van der Waals surface area contributed by atoms with Crippen LogP contribution in [0.3, 0.4) is 0 Å². The highest BCUT2D eigenvalue weighted by molar-refractivity contribution is 7.99. The second-order valence-corrected chi connectivity index (χ2v) is 14.9. The maximum atomic E-state index is 2.48. The van der Waals surface area contributed by atoms with E-state index in [1.165, 1.54) is 50.1 Å². The minimum Gasteiger partial charge on any atom is -0.145 e. The standard InChI is InChI=1S/C47H46S/c1-36(30-41(38-18-11-8-12-19-38)32-46(2,3)43-21-14-9-15-22-43)42-33-47(4,34-42)44-23-13-7-5-6-10-20-40(31-44)39-28-26-37(27-29-39)35-48-45-24-16-17-25-45/h5-33,45H,34-35H2,1-4H3/b6-5?,7-5?,10-6?,13-7?,20-10?,23-13?,36-30+,40-20?,40-31?,41-32+,44-23?,44-31?. The van der Waals surface area contributed by atoms with Crippen LogP contribution < -0.4 is 0 Å². The Hall–Kier alpha value is -4.59. The first-order chi connectivity index (χ1) is 23.3. The van der Waals surface area contributed by atoms with Gasteiger partial charge in [-0.2, -0.15) is 0 Å². The van der Waals surface area contributed by atoms with Crippen LogP contribution in [0.15, 0.2) is 187 Å². The van der Waals surface area contributed by atoms with Crippen LogP contribution in [-0.2, 0) is 16.6 Å². The number of hydrogen-bond donors (Lipinski definition) is 0. The predicted octanol–water partition coefficient (Wildman–Crippen LogP) is 12.8. The van der Waals surface area contributed by atoms with E-state index >= 15 is 0 Å². The molecular weight excluding hydrogens is 597 g/mol. The number of allylic oxidation sites excluding steroid dienone is 8. The minimum absolute atomic E-state index is 0.0460. The van der Waals surface area contributed by atoms with Gasteiger partial charge in [-0.25, -0.2) is 0 Å². The fourth-order valence-corrected chi connectivity index (χ4v) is 7.49. The molecule has 0 nitrogen and oxygen atoms in total. The lowest BCUT2D eigenvalue weighted by Gasteiger charge is -2.38. The Kier molecular flexibility index (Phi) is 10.5. The molecule has 4 aromatic carbocycles. The highest BCUT2D eigenvalue weighted by atomic mass is 32.2. The van der Waals surface area contributed by atoms with E-state index in [0.717, 1.165) is 12.2 Å². The Labute approximate surface area is 292 Å². The first-order valence-electron chi connectivity index (χ1n) is 17.0. The lowest BCUT2D eigenvalue weighted by atomic mass is 9.66. The summed E-state index contributed by atoms with van der Waals surface area (Å²) in [6.45, 7) is 9.26. The molecule has 0 saturated carbocycles. The molecule has 0 fully saturated rings. The van der Waals surface area contributed by atoms with Crippen molar-refractivity contribution in [3.8, 4) is 11.1 Å². The second kappa shape index (κ2) is 15.1. The van der Waals surface area contributed by atoms with Gasteiger partial charge in [0.25, 0.3) is 0 Å². The molecule has 0 amide bonds. The summed E-state index contributed by atoms with van der Waals surface area (Å²) in [5.74, 6) is 1.01. The molecule has 240 valence electrons. The van der Waals surface area contributed by atoms with Gasteiger partial charge in [-0.1, -0.05) is 197 Å². The van der Waals surface area contributed by atoms with Crippen LogP contribution in [0.25, 0.3) is 16.7 Å². The van der Waals surface area contributed by atoms with Crippen LogP contribution >= 0.6 is 11.8 Å². The van der Waals surface area contributed by atoms with Gasteiger partial charge in [-0.05, 0) is 63.4 Å². The Morgan fingerprint density at radius 2 is 1.33 bits per heavy atom. The van der Waals surface area contributed by atoms with Crippen LogP contribution in [0.1, 0.15) is 56.4 Å². The smallest absolute Gasteiger partial charge is 0.0417 e. The van der Waals surface area contributed by atoms with E-state index in [1.54, 1.807) is 0 Å². The molecule has 1 atom stereocenters. The van der Waals surface area contributed by atoms with E-state index in [0.29, 0.717) is 5.25 Å². The highest BCUT2D eigenvalue weighted by Crippen LogP contribution is 2.45. The van der Waals surface area contributed by atoms with Crippen LogP contribution in [0, 0.1) is 0 Å². The summed E-state index contributed by atoms with van der Waals surface area (Å²) in [6.07, 6.45) is 17.1. The molecule has 4 aromatic rings. The van der Waals surface area contributed by atoms with Crippen molar-refractivity contribution < 1.29 is 0 Å². The average Bonchev–Trinajstić information content (AvgIpc) is 3.62. The van der Waals surface area contributed by atoms with Crippen LogP contribution in [0.4, 0.5) is 0 Å². The molecule has 48 heavy (non-hydrogen) atoms. The van der Waals surface area contributed by atoms with Crippen molar-refractivity contribution in [2.24, 2.45) is 0 Å². The maximum Gasteiger partial charge on any atom is 0.0417 e. The molecule has 6 rings (SSSR count). The van der Waals surface area contributed by atoms with Gasteiger partial charge in [-0.15, -0.1) is 11.8 Å². The van der Waals surface area contributed by atoms with E-state index in [1.807, 2.05) is 11.8 Å². The summed E-state index contributed by atoms with van der Waals surface area (Å²) in [5, 5.41) is 0.489. The summed E-state index contributed by atoms with van der Waals surface area (Å²) >= 11 is 1.97. The molecule has 1 unspecified atom stereocenters. The van der Waals surface area contributed by atoms with Crippen molar-refractivity contribution in [3.05, 3.63) is 209 Å². The fourth-order valence-electron chi connectivity index (χ4n) is 6.51. The molecule has 0 saturated heterocycles. The van der Waals surface area contributed by atoms with Crippen molar-refractivity contribution in [1.29, 1.82) is 0 Å². The Morgan fingerprint density at radius 1 is 0.750 bits per heavy atom. The third kappa shape index (κ3) is 8.27. The van der Waals surface area contributed by atoms with Gasteiger partial charge in [0.15, 0.2) is 0 Å². The van der Waals surface area contributed by atoms with Gasteiger partial charge in [0.2, 0.25) is 0 Å². The third-order valence-electron chi connectivity index (χ3n) is 9.48.